The van der Waals surface area contributed by atoms with Crippen LogP contribution in [0.1, 0.15) is 23.3 Å². The van der Waals surface area contributed by atoms with Crippen molar-refractivity contribution in [2.75, 3.05) is 0 Å². The summed E-state index contributed by atoms with van der Waals surface area (Å²) in [6.45, 7) is 0. The lowest BCUT2D eigenvalue weighted by molar-refractivity contribution is -0.147. The number of aliphatic carboxylic acids is 2. The first-order chi connectivity index (χ1) is 10.4. The largest absolute Gasteiger partial charge is 0.479 e. The Kier molecular flexibility index (Phi) is 6.75. The Balaban J connectivity index is 0.000000220. The third-order valence-corrected chi connectivity index (χ3v) is 2.70. The molecule has 0 aliphatic carbocycles. The first-order valence-electron chi connectivity index (χ1n) is 6.35. The molecule has 0 aliphatic heterocycles. The van der Waals surface area contributed by atoms with Crippen LogP contribution >= 0.6 is 0 Å². The Morgan fingerprint density at radius 2 is 0.909 bits per heavy atom. The van der Waals surface area contributed by atoms with Crippen molar-refractivity contribution in [3.8, 4) is 0 Å². The molecule has 6 nitrogen and oxygen atoms in total. The number of benzene rings is 2. The van der Waals surface area contributed by atoms with Crippen LogP contribution in [-0.2, 0) is 9.59 Å². The number of hydrogen-bond donors (Lipinski definition) is 4. The normalized spacial score (nSPS) is 12.5. The molecule has 0 fully saturated rings. The summed E-state index contributed by atoms with van der Waals surface area (Å²) in [5.74, 6) is -2.45. The van der Waals surface area contributed by atoms with E-state index in [-0.39, 0.29) is 0 Å². The van der Waals surface area contributed by atoms with Crippen LogP contribution in [0.5, 0.6) is 0 Å². The van der Waals surface area contributed by atoms with Crippen molar-refractivity contribution < 1.29 is 30.0 Å². The lowest BCUT2D eigenvalue weighted by atomic mass is 10.1. The predicted molar refractivity (Wildman–Crippen MR) is 78.1 cm³/mol. The van der Waals surface area contributed by atoms with Gasteiger partial charge >= 0.3 is 11.9 Å². The maximum Gasteiger partial charge on any atom is 0.337 e. The molecule has 0 spiro atoms. The van der Waals surface area contributed by atoms with Gasteiger partial charge in [0, 0.05) is 0 Å². The van der Waals surface area contributed by atoms with Gasteiger partial charge in [-0.15, -0.1) is 0 Å². The summed E-state index contributed by atoms with van der Waals surface area (Å²) in [5, 5.41) is 34.8. The molecule has 0 bridgehead atoms. The second-order valence-electron chi connectivity index (χ2n) is 4.30. The van der Waals surface area contributed by atoms with Gasteiger partial charge in [-0.25, -0.2) is 9.59 Å². The van der Waals surface area contributed by atoms with E-state index < -0.39 is 24.1 Å². The van der Waals surface area contributed by atoms with Crippen LogP contribution in [0.2, 0.25) is 0 Å². The molecule has 0 aromatic heterocycles. The quantitative estimate of drug-likeness (QED) is 0.682. The average Bonchev–Trinajstić information content (AvgIpc) is 2.55. The van der Waals surface area contributed by atoms with E-state index in [1.54, 1.807) is 60.7 Å². The van der Waals surface area contributed by atoms with Crippen LogP contribution in [0.25, 0.3) is 0 Å². The van der Waals surface area contributed by atoms with Gasteiger partial charge in [0.15, 0.2) is 12.2 Å². The number of rotatable bonds is 4. The van der Waals surface area contributed by atoms with E-state index in [9.17, 15) is 9.59 Å². The Bertz CT molecular complexity index is 541. The van der Waals surface area contributed by atoms with Gasteiger partial charge in [0.1, 0.15) is 0 Å². The number of carboxylic acid groups (broad SMARTS) is 2. The third-order valence-electron chi connectivity index (χ3n) is 2.70. The number of aliphatic hydroxyl groups excluding tert-OH is 2. The Morgan fingerprint density at radius 3 is 1.14 bits per heavy atom. The smallest absolute Gasteiger partial charge is 0.337 e. The first kappa shape index (κ1) is 17.4. The van der Waals surface area contributed by atoms with Gasteiger partial charge < -0.3 is 20.4 Å². The predicted octanol–water partition coefficient (Wildman–Crippen LogP) is 1.61. The minimum atomic E-state index is -1.41. The summed E-state index contributed by atoms with van der Waals surface area (Å²) in [6, 6.07) is 16.5. The number of carboxylic acids is 2. The molecule has 116 valence electrons. The van der Waals surface area contributed by atoms with Gasteiger partial charge in [-0.3, -0.25) is 0 Å². The number of hydrogen-bond acceptors (Lipinski definition) is 4. The SMILES string of the molecule is O=C(O)C(O)c1ccccc1.O=C(O)[C@@H](O)c1ccccc1. The molecule has 0 aliphatic rings. The van der Waals surface area contributed by atoms with Crippen molar-refractivity contribution in [2.24, 2.45) is 0 Å². The molecule has 0 heterocycles. The fourth-order valence-electron chi connectivity index (χ4n) is 1.56. The van der Waals surface area contributed by atoms with Crippen LogP contribution in [-0.4, -0.2) is 32.4 Å². The zero-order valence-electron chi connectivity index (χ0n) is 11.5. The highest BCUT2D eigenvalue weighted by Gasteiger charge is 2.14. The van der Waals surface area contributed by atoms with Gasteiger partial charge in [-0.2, -0.15) is 0 Å². The summed E-state index contributed by atoms with van der Waals surface area (Å²) in [7, 11) is 0. The summed E-state index contributed by atoms with van der Waals surface area (Å²) in [5.41, 5.74) is 0.806. The van der Waals surface area contributed by atoms with Crippen molar-refractivity contribution in [3.63, 3.8) is 0 Å². The molecule has 0 saturated heterocycles. The van der Waals surface area contributed by atoms with E-state index >= 15 is 0 Å². The monoisotopic (exact) mass is 304 g/mol. The number of carbonyl (C=O) groups is 2. The van der Waals surface area contributed by atoms with Crippen LogP contribution < -0.4 is 0 Å². The first-order valence-corrected chi connectivity index (χ1v) is 6.35. The van der Waals surface area contributed by atoms with Crippen molar-refractivity contribution in [3.05, 3.63) is 71.8 Å². The molecule has 1 unspecified atom stereocenters. The van der Waals surface area contributed by atoms with E-state index in [4.69, 9.17) is 20.4 Å². The van der Waals surface area contributed by atoms with Gasteiger partial charge in [0.2, 0.25) is 0 Å². The van der Waals surface area contributed by atoms with E-state index in [1.165, 1.54) is 0 Å². The third kappa shape index (κ3) is 5.35. The number of aliphatic hydroxyl groups is 2. The van der Waals surface area contributed by atoms with E-state index in [0.717, 1.165) is 0 Å². The summed E-state index contributed by atoms with van der Waals surface area (Å²) in [4.78, 5) is 20.5. The molecule has 0 amide bonds. The molecule has 22 heavy (non-hydrogen) atoms. The second-order valence-corrected chi connectivity index (χ2v) is 4.30. The summed E-state index contributed by atoms with van der Waals surface area (Å²) in [6.07, 6.45) is -2.81. The highest BCUT2D eigenvalue weighted by Crippen LogP contribution is 2.11. The standard InChI is InChI=1S/2C8H8O3/c2*9-7(8(10)11)6-4-2-1-3-5-6/h2*1-5,7,9H,(H,10,11)/t7-;/m0./s1. The van der Waals surface area contributed by atoms with Gasteiger partial charge in [0.05, 0.1) is 0 Å². The van der Waals surface area contributed by atoms with Gasteiger partial charge in [-0.05, 0) is 11.1 Å². The van der Waals surface area contributed by atoms with Gasteiger partial charge in [-0.1, -0.05) is 60.7 Å². The molecule has 2 aromatic rings. The molecule has 6 heteroatoms. The van der Waals surface area contributed by atoms with Crippen LogP contribution in [0.3, 0.4) is 0 Å². The zero-order valence-corrected chi connectivity index (χ0v) is 11.5. The minimum absolute atomic E-state index is 0.403. The fourth-order valence-corrected chi connectivity index (χ4v) is 1.56. The van der Waals surface area contributed by atoms with Crippen molar-refractivity contribution >= 4 is 11.9 Å². The Morgan fingerprint density at radius 1 is 0.636 bits per heavy atom. The van der Waals surface area contributed by atoms with Gasteiger partial charge in [0.25, 0.3) is 0 Å². The molecular formula is C16H16O6. The lowest BCUT2D eigenvalue weighted by Gasteiger charge is -2.03. The fraction of sp³-hybridized carbons (Fsp3) is 0.125. The van der Waals surface area contributed by atoms with E-state index in [1.807, 2.05) is 0 Å². The molecule has 0 radical (unpaired) electrons. The van der Waals surface area contributed by atoms with E-state index in [0.29, 0.717) is 11.1 Å². The van der Waals surface area contributed by atoms with Crippen molar-refractivity contribution in [1.29, 1.82) is 0 Å². The average molecular weight is 304 g/mol. The van der Waals surface area contributed by atoms with Crippen LogP contribution in [0.4, 0.5) is 0 Å². The molecule has 2 aromatic carbocycles. The van der Waals surface area contributed by atoms with E-state index in [2.05, 4.69) is 0 Å². The molecule has 4 N–H and O–H groups in total. The second kappa shape index (κ2) is 8.56. The maximum atomic E-state index is 10.2. The summed E-state index contributed by atoms with van der Waals surface area (Å²) < 4.78 is 0. The lowest BCUT2D eigenvalue weighted by Crippen LogP contribution is -2.09. The maximum absolute atomic E-state index is 10.2. The zero-order chi connectivity index (χ0) is 16.5. The molecule has 2 rings (SSSR count). The Labute approximate surface area is 126 Å². The van der Waals surface area contributed by atoms with Crippen LogP contribution in [0, 0.1) is 0 Å². The minimum Gasteiger partial charge on any atom is -0.479 e. The topological polar surface area (TPSA) is 115 Å². The van der Waals surface area contributed by atoms with Crippen molar-refractivity contribution in [1.82, 2.24) is 0 Å². The van der Waals surface area contributed by atoms with Crippen LogP contribution in [0.15, 0.2) is 60.7 Å². The van der Waals surface area contributed by atoms with Crippen molar-refractivity contribution in [2.45, 2.75) is 12.2 Å². The highest BCUT2D eigenvalue weighted by atomic mass is 16.4. The molecule has 2 atom stereocenters. The molecule has 0 saturated carbocycles. The Hall–Kier alpha value is -2.70. The summed E-state index contributed by atoms with van der Waals surface area (Å²) >= 11 is 0. The molecular weight excluding hydrogens is 288 g/mol. The highest BCUT2D eigenvalue weighted by molar-refractivity contribution is 5.74.